The summed E-state index contributed by atoms with van der Waals surface area (Å²) in [4.78, 5) is 1.02. The summed E-state index contributed by atoms with van der Waals surface area (Å²) in [7, 11) is 0. The van der Waals surface area contributed by atoms with Gasteiger partial charge in [-0.05, 0) is 42.1 Å². The number of benzene rings is 1. The van der Waals surface area contributed by atoms with E-state index in [-0.39, 0.29) is 5.82 Å². The maximum absolute atomic E-state index is 13.1. The van der Waals surface area contributed by atoms with Gasteiger partial charge in [-0.15, -0.1) is 11.3 Å². The second-order valence-electron chi connectivity index (χ2n) is 4.29. The van der Waals surface area contributed by atoms with Gasteiger partial charge in [-0.25, -0.2) is 9.07 Å². The quantitative estimate of drug-likeness (QED) is 0.774. The summed E-state index contributed by atoms with van der Waals surface area (Å²) in [6, 6.07) is 8.55. The van der Waals surface area contributed by atoms with Crippen molar-refractivity contribution >= 4 is 17.0 Å². The highest BCUT2D eigenvalue weighted by Crippen LogP contribution is 2.29. The Labute approximate surface area is 114 Å². The molecule has 2 aromatic heterocycles. The van der Waals surface area contributed by atoms with E-state index in [4.69, 9.17) is 5.73 Å². The third kappa shape index (κ3) is 2.13. The summed E-state index contributed by atoms with van der Waals surface area (Å²) in [5, 5.41) is 6.48. The molecule has 0 aliphatic rings. The average molecular weight is 273 g/mol. The molecule has 19 heavy (non-hydrogen) atoms. The fourth-order valence-electron chi connectivity index (χ4n) is 1.99. The van der Waals surface area contributed by atoms with Crippen LogP contribution in [0.4, 0.5) is 10.1 Å². The lowest BCUT2D eigenvalue weighted by Gasteiger charge is -2.05. The van der Waals surface area contributed by atoms with Crippen molar-refractivity contribution in [1.82, 2.24) is 9.78 Å². The average Bonchev–Trinajstić information content (AvgIpc) is 2.98. The van der Waals surface area contributed by atoms with Gasteiger partial charge in [0.1, 0.15) is 11.5 Å². The fourth-order valence-corrected chi connectivity index (χ4v) is 2.72. The van der Waals surface area contributed by atoms with E-state index < -0.39 is 0 Å². The van der Waals surface area contributed by atoms with Crippen LogP contribution in [0.3, 0.4) is 0 Å². The maximum Gasteiger partial charge on any atom is 0.126 e. The Kier molecular flexibility index (Phi) is 2.83. The van der Waals surface area contributed by atoms with E-state index in [1.165, 1.54) is 12.1 Å². The van der Waals surface area contributed by atoms with Crippen LogP contribution in [0.2, 0.25) is 0 Å². The van der Waals surface area contributed by atoms with Crippen molar-refractivity contribution in [2.24, 2.45) is 0 Å². The molecule has 0 saturated carbocycles. The van der Waals surface area contributed by atoms with Gasteiger partial charge < -0.3 is 5.73 Å². The SMILES string of the molecule is Cc1cc(F)ccc1-n1cc(N)c(-c2cccs2)n1. The van der Waals surface area contributed by atoms with Crippen molar-refractivity contribution < 1.29 is 4.39 Å². The van der Waals surface area contributed by atoms with Gasteiger partial charge in [-0.3, -0.25) is 0 Å². The van der Waals surface area contributed by atoms with Crippen LogP contribution in [0.5, 0.6) is 0 Å². The summed E-state index contributed by atoms with van der Waals surface area (Å²) < 4.78 is 14.8. The van der Waals surface area contributed by atoms with E-state index in [2.05, 4.69) is 5.10 Å². The first-order chi connectivity index (χ1) is 9.15. The Balaban J connectivity index is 2.10. The summed E-state index contributed by atoms with van der Waals surface area (Å²) >= 11 is 1.59. The molecular formula is C14H12FN3S. The van der Waals surface area contributed by atoms with Crippen LogP contribution in [0.15, 0.2) is 41.9 Å². The number of nitrogens with zero attached hydrogens (tertiary/aromatic N) is 2. The Morgan fingerprint density at radius 3 is 2.84 bits per heavy atom. The zero-order chi connectivity index (χ0) is 13.4. The molecule has 0 saturated heterocycles. The van der Waals surface area contributed by atoms with Gasteiger partial charge in [0.15, 0.2) is 0 Å². The van der Waals surface area contributed by atoms with E-state index in [1.54, 1.807) is 28.3 Å². The zero-order valence-corrected chi connectivity index (χ0v) is 11.1. The Bertz CT molecular complexity index is 716. The molecule has 3 aromatic rings. The van der Waals surface area contributed by atoms with Gasteiger partial charge in [-0.2, -0.15) is 5.10 Å². The zero-order valence-electron chi connectivity index (χ0n) is 10.3. The Hall–Kier alpha value is -2.14. The first-order valence-electron chi connectivity index (χ1n) is 5.80. The number of thiophene rings is 1. The van der Waals surface area contributed by atoms with Crippen molar-refractivity contribution in [1.29, 1.82) is 0 Å². The molecule has 5 heteroatoms. The minimum absolute atomic E-state index is 0.250. The van der Waals surface area contributed by atoms with E-state index in [1.807, 2.05) is 24.4 Å². The molecule has 96 valence electrons. The highest BCUT2D eigenvalue weighted by atomic mass is 32.1. The standard InChI is InChI=1S/C14H12FN3S/c1-9-7-10(15)4-5-12(9)18-8-11(16)14(17-18)13-3-2-6-19-13/h2-8H,16H2,1H3. The van der Waals surface area contributed by atoms with Crippen LogP contribution in [0, 0.1) is 12.7 Å². The molecule has 0 unspecified atom stereocenters. The second kappa shape index (κ2) is 4.51. The number of hydrogen-bond donors (Lipinski definition) is 1. The topological polar surface area (TPSA) is 43.8 Å². The lowest BCUT2D eigenvalue weighted by atomic mass is 10.2. The van der Waals surface area contributed by atoms with Gasteiger partial charge in [0.2, 0.25) is 0 Å². The fraction of sp³-hybridized carbons (Fsp3) is 0.0714. The molecule has 2 heterocycles. The predicted molar refractivity (Wildman–Crippen MR) is 76.0 cm³/mol. The van der Waals surface area contributed by atoms with Gasteiger partial charge in [0.25, 0.3) is 0 Å². The minimum Gasteiger partial charge on any atom is -0.396 e. The monoisotopic (exact) mass is 273 g/mol. The highest BCUT2D eigenvalue weighted by molar-refractivity contribution is 7.13. The second-order valence-corrected chi connectivity index (χ2v) is 5.23. The van der Waals surface area contributed by atoms with Crippen molar-refractivity contribution in [3.63, 3.8) is 0 Å². The van der Waals surface area contributed by atoms with Crippen LogP contribution in [-0.4, -0.2) is 9.78 Å². The van der Waals surface area contributed by atoms with Crippen LogP contribution < -0.4 is 5.73 Å². The molecule has 3 nitrogen and oxygen atoms in total. The number of aryl methyl sites for hydroxylation is 1. The molecule has 0 fully saturated rings. The molecule has 1 aromatic carbocycles. The van der Waals surface area contributed by atoms with Gasteiger partial charge in [0.05, 0.1) is 22.4 Å². The number of hydrogen-bond acceptors (Lipinski definition) is 3. The molecule has 0 bridgehead atoms. The van der Waals surface area contributed by atoms with Crippen molar-refractivity contribution in [2.75, 3.05) is 5.73 Å². The first kappa shape index (κ1) is 11.9. The number of rotatable bonds is 2. The normalized spacial score (nSPS) is 10.8. The summed E-state index contributed by atoms with van der Waals surface area (Å²) in [6.07, 6.45) is 1.76. The molecule has 0 aliphatic heterocycles. The molecule has 0 radical (unpaired) electrons. The van der Waals surface area contributed by atoms with Crippen molar-refractivity contribution in [2.45, 2.75) is 6.92 Å². The first-order valence-corrected chi connectivity index (χ1v) is 6.68. The highest BCUT2D eigenvalue weighted by Gasteiger charge is 2.11. The van der Waals surface area contributed by atoms with E-state index in [0.29, 0.717) is 5.69 Å². The number of halogens is 1. The smallest absolute Gasteiger partial charge is 0.126 e. The van der Waals surface area contributed by atoms with Crippen LogP contribution >= 0.6 is 11.3 Å². The van der Waals surface area contributed by atoms with E-state index >= 15 is 0 Å². The Morgan fingerprint density at radius 2 is 2.16 bits per heavy atom. The third-order valence-electron chi connectivity index (χ3n) is 2.90. The molecule has 0 spiro atoms. The summed E-state index contributed by atoms with van der Waals surface area (Å²) in [6.45, 7) is 1.85. The van der Waals surface area contributed by atoms with Crippen molar-refractivity contribution in [3.05, 3.63) is 53.3 Å². The van der Waals surface area contributed by atoms with Crippen molar-refractivity contribution in [3.8, 4) is 16.3 Å². The third-order valence-corrected chi connectivity index (χ3v) is 3.78. The molecular weight excluding hydrogens is 261 g/mol. The van der Waals surface area contributed by atoms with E-state index in [0.717, 1.165) is 21.8 Å². The minimum atomic E-state index is -0.250. The number of aromatic nitrogens is 2. The van der Waals surface area contributed by atoms with Gasteiger partial charge in [-0.1, -0.05) is 6.07 Å². The van der Waals surface area contributed by atoms with Gasteiger partial charge in [0, 0.05) is 0 Å². The van der Waals surface area contributed by atoms with Crippen LogP contribution in [-0.2, 0) is 0 Å². The van der Waals surface area contributed by atoms with Gasteiger partial charge >= 0.3 is 0 Å². The van der Waals surface area contributed by atoms with Crippen LogP contribution in [0.1, 0.15) is 5.56 Å². The molecule has 3 rings (SSSR count). The van der Waals surface area contributed by atoms with E-state index in [9.17, 15) is 4.39 Å². The molecule has 0 amide bonds. The lowest BCUT2D eigenvalue weighted by Crippen LogP contribution is -1.98. The lowest BCUT2D eigenvalue weighted by molar-refractivity contribution is 0.625. The number of anilines is 1. The maximum atomic E-state index is 13.1. The molecule has 0 aliphatic carbocycles. The molecule has 2 N–H and O–H groups in total. The summed E-state index contributed by atoms with van der Waals surface area (Å²) in [5.74, 6) is -0.250. The Morgan fingerprint density at radius 1 is 1.32 bits per heavy atom. The number of nitrogen functional groups attached to an aromatic ring is 1. The predicted octanol–water partition coefficient (Wildman–Crippen LogP) is 3.63. The summed E-state index contributed by atoms with van der Waals surface area (Å²) in [5.41, 5.74) is 9.03. The number of nitrogens with two attached hydrogens (primary N) is 1. The molecule has 0 atom stereocenters. The largest absolute Gasteiger partial charge is 0.396 e. The van der Waals surface area contributed by atoms with Crippen LogP contribution in [0.25, 0.3) is 16.3 Å².